The Hall–Kier alpha value is -2.75. The van der Waals surface area contributed by atoms with Crippen molar-refractivity contribution >= 4 is 22.5 Å². The normalized spacial score (nSPS) is 20.0. The molecule has 1 unspecified atom stereocenters. The third-order valence-corrected chi connectivity index (χ3v) is 4.13. The van der Waals surface area contributed by atoms with Gasteiger partial charge in [-0.25, -0.2) is 4.99 Å². The number of dihydropyridines is 1. The van der Waals surface area contributed by atoms with Crippen molar-refractivity contribution in [2.24, 2.45) is 18.0 Å². The lowest BCUT2D eigenvalue weighted by molar-refractivity contribution is -0.114. The van der Waals surface area contributed by atoms with Crippen molar-refractivity contribution in [1.29, 1.82) is 0 Å². The van der Waals surface area contributed by atoms with E-state index in [-0.39, 0.29) is 11.8 Å². The minimum absolute atomic E-state index is 0.125. The third kappa shape index (κ3) is 2.13. The number of fused-ring (bicyclic) bond motifs is 2. The molecule has 2 heterocycles. The number of rotatable bonds is 2. The van der Waals surface area contributed by atoms with Crippen LogP contribution in [0.1, 0.15) is 5.56 Å². The minimum atomic E-state index is -0.127. The van der Waals surface area contributed by atoms with Gasteiger partial charge in [-0.2, -0.15) is 5.10 Å². The SMILES string of the molecule is Cn1ncc2cc(CC3=CC4C=CC=CC4=NC3=O)ccc21. The van der Waals surface area contributed by atoms with Crippen LogP contribution in [0.15, 0.2) is 65.3 Å². The first-order chi connectivity index (χ1) is 10.7. The van der Waals surface area contributed by atoms with Gasteiger partial charge in [0.25, 0.3) is 5.91 Å². The van der Waals surface area contributed by atoms with Gasteiger partial charge in [0.15, 0.2) is 0 Å². The van der Waals surface area contributed by atoms with Crippen LogP contribution < -0.4 is 0 Å². The first kappa shape index (κ1) is 13.0. The summed E-state index contributed by atoms with van der Waals surface area (Å²) in [6.45, 7) is 0. The Morgan fingerprint density at radius 2 is 2.18 bits per heavy atom. The van der Waals surface area contributed by atoms with E-state index in [0.717, 1.165) is 27.8 Å². The summed E-state index contributed by atoms with van der Waals surface area (Å²) in [5, 5.41) is 5.34. The summed E-state index contributed by atoms with van der Waals surface area (Å²) in [6.07, 6.45) is 12.4. The molecule has 2 aliphatic rings. The molecular weight excluding hydrogens is 274 g/mol. The fraction of sp³-hybridized carbons (Fsp3) is 0.167. The van der Waals surface area contributed by atoms with Crippen LogP contribution >= 0.6 is 0 Å². The average Bonchev–Trinajstić information content (AvgIpc) is 2.89. The van der Waals surface area contributed by atoms with Crippen molar-refractivity contribution in [3.05, 3.63) is 65.9 Å². The molecule has 4 rings (SSSR count). The number of carbonyl (C=O) groups is 1. The van der Waals surface area contributed by atoms with Gasteiger partial charge in [0.1, 0.15) is 0 Å². The molecule has 0 bridgehead atoms. The molecule has 0 fully saturated rings. The van der Waals surface area contributed by atoms with E-state index >= 15 is 0 Å². The van der Waals surface area contributed by atoms with Gasteiger partial charge in [-0.15, -0.1) is 0 Å². The minimum Gasteiger partial charge on any atom is -0.268 e. The molecule has 1 aliphatic carbocycles. The van der Waals surface area contributed by atoms with E-state index in [1.165, 1.54) is 0 Å². The molecule has 1 atom stereocenters. The van der Waals surface area contributed by atoms with Crippen LogP contribution in [0.25, 0.3) is 10.9 Å². The Labute approximate surface area is 128 Å². The maximum absolute atomic E-state index is 12.2. The molecule has 1 aliphatic heterocycles. The summed E-state index contributed by atoms with van der Waals surface area (Å²) in [6, 6.07) is 6.18. The highest BCUT2D eigenvalue weighted by Gasteiger charge is 2.22. The van der Waals surface area contributed by atoms with Crippen LogP contribution in [-0.2, 0) is 18.3 Å². The van der Waals surface area contributed by atoms with E-state index in [0.29, 0.717) is 6.42 Å². The number of aliphatic imine (C=N–C) groups is 1. The van der Waals surface area contributed by atoms with Gasteiger partial charge in [-0.3, -0.25) is 9.48 Å². The number of amides is 1. The number of hydrogen-bond donors (Lipinski definition) is 0. The van der Waals surface area contributed by atoms with E-state index in [1.54, 1.807) is 0 Å². The van der Waals surface area contributed by atoms with Crippen LogP contribution in [0.2, 0.25) is 0 Å². The molecule has 0 saturated heterocycles. The number of nitrogens with zero attached hydrogens (tertiary/aromatic N) is 3. The zero-order chi connectivity index (χ0) is 15.1. The molecule has 4 heteroatoms. The fourth-order valence-corrected chi connectivity index (χ4v) is 2.96. The number of allylic oxidation sites excluding steroid dienone is 5. The molecule has 0 saturated carbocycles. The highest BCUT2D eigenvalue weighted by Crippen LogP contribution is 2.23. The Morgan fingerprint density at radius 1 is 1.27 bits per heavy atom. The van der Waals surface area contributed by atoms with Crippen LogP contribution in [0, 0.1) is 5.92 Å². The van der Waals surface area contributed by atoms with E-state index in [1.807, 2.05) is 54.4 Å². The van der Waals surface area contributed by atoms with Crippen LogP contribution in [0.5, 0.6) is 0 Å². The molecule has 1 amide bonds. The van der Waals surface area contributed by atoms with Crippen molar-refractivity contribution in [3.8, 4) is 0 Å². The second-order valence-electron chi connectivity index (χ2n) is 5.64. The zero-order valence-corrected chi connectivity index (χ0v) is 12.2. The predicted molar refractivity (Wildman–Crippen MR) is 86.7 cm³/mol. The number of aromatic nitrogens is 2. The second-order valence-corrected chi connectivity index (χ2v) is 5.64. The maximum atomic E-state index is 12.2. The lowest BCUT2D eigenvalue weighted by atomic mass is 9.90. The molecule has 2 aromatic rings. The van der Waals surface area contributed by atoms with E-state index in [2.05, 4.69) is 22.2 Å². The predicted octanol–water partition coefficient (Wildman–Crippen LogP) is 2.77. The van der Waals surface area contributed by atoms with Crippen LogP contribution in [0.3, 0.4) is 0 Å². The lowest BCUT2D eigenvalue weighted by Crippen LogP contribution is -2.20. The summed E-state index contributed by atoms with van der Waals surface area (Å²) >= 11 is 0. The molecular formula is C18H15N3O. The average molecular weight is 289 g/mol. The molecule has 1 aromatic carbocycles. The van der Waals surface area contributed by atoms with Gasteiger partial charge < -0.3 is 0 Å². The number of hydrogen-bond acceptors (Lipinski definition) is 2. The summed E-state index contributed by atoms with van der Waals surface area (Å²) in [7, 11) is 1.92. The Kier molecular flexibility index (Phi) is 2.89. The number of carbonyl (C=O) groups excluding carboxylic acids is 1. The quantitative estimate of drug-likeness (QED) is 0.853. The Bertz CT molecular complexity index is 896. The molecule has 22 heavy (non-hydrogen) atoms. The molecule has 1 aromatic heterocycles. The molecule has 0 N–H and O–H groups in total. The first-order valence-electron chi connectivity index (χ1n) is 7.30. The Balaban J connectivity index is 1.64. The molecule has 0 radical (unpaired) electrons. The monoisotopic (exact) mass is 289 g/mol. The van der Waals surface area contributed by atoms with E-state index < -0.39 is 0 Å². The van der Waals surface area contributed by atoms with Gasteiger partial charge in [-0.1, -0.05) is 30.4 Å². The van der Waals surface area contributed by atoms with Gasteiger partial charge in [0.2, 0.25) is 0 Å². The fourth-order valence-electron chi connectivity index (χ4n) is 2.96. The zero-order valence-electron chi connectivity index (χ0n) is 12.2. The summed E-state index contributed by atoms with van der Waals surface area (Å²) in [5.74, 6) is -0.00249. The van der Waals surface area contributed by atoms with E-state index in [4.69, 9.17) is 0 Å². The summed E-state index contributed by atoms with van der Waals surface area (Å²) < 4.78 is 1.85. The van der Waals surface area contributed by atoms with Crippen LogP contribution in [-0.4, -0.2) is 21.4 Å². The highest BCUT2D eigenvalue weighted by atomic mass is 16.1. The topological polar surface area (TPSA) is 47.2 Å². The van der Waals surface area contributed by atoms with Gasteiger partial charge >= 0.3 is 0 Å². The standard InChI is InChI=1S/C18H15N3O/c1-21-17-7-6-12(9-15(17)11-19-21)8-14-10-13-4-2-3-5-16(13)20-18(14)22/h2-7,9-11,13H,8H2,1H3. The van der Waals surface area contributed by atoms with E-state index in [9.17, 15) is 4.79 Å². The van der Waals surface area contributed by atoms with Crippen LogP contribution in [0.4, 0.5) is 0 Å². The molecule has 4 nitrogen and oxygen atoms in total. The van der Waals surface area contributed by atoms with Crippen molar-refractivity contribution in [1.82, 2.24) is 9.78 Å². The molecule has 0 spiro atoms. The maximum Gasteiger partial charge on any atom is 0.273 e. The Morgan fingerprint density at radius 3 is 3.09 bits per heavy atom. The van der Waals surface area contributed by atoms with Crippen molar-refractivity contribution in [3.63, 3.8) is 0 Å². The summed E-state index contributed by atoms with van der Waals surface area (Å²) in [5.41, 5.74) is 3.79. The molecule has 108 valence electrons. The first-order valence-corrected chi connectivity index (χ1v) is 7.30. The van der Waals surface area contributed by atoms with Gasteiger partial charge in [0.05, 0.1) is 17.4 Å². The number of aryl methyl sites for hydroxylation is 1. The van der Waals surface area contributed by atoms with Crippen molar-refractivity contribution < 1.29 is 4.79 Å². The van der Waals surface area contributed by atoms with Gasteiger partial charge in [0, 0.05) is 30.3 Å². The largest absolute Gasteiger partial charge is 0.273 e. The highest BCUT2D eigenvalue weighted by molar-refractivity contribution is 6.13. The van der Waals surface area contributed by atoms with Gasteiger partial charge in [-0.05, 0) is 23.8 Å². The number of benzene rings is 1. The lowest BCUT2D eigenvalue weighted by Gasteiger charge is -2.18. The second kappa shape index (κ2) is 4.91. The van der Waals surface area contributed by atoms with Crippen molar-refractivity contribution in [2.75, 3.05) is 0 Å². The smallest absolute Gasteiger partial charge is 0.268 e. The third-order valence-electron chi connectivity index (χ3n) is 4.13. The summed E-state index contributed by atoms with van der Waals surface area (Å²) in [4.78, 5) is 16.4. The van der Waals surface area contributed by atoms with Crippen molar-refractivity contribution in [2.45, 2.75) is 6.42 Å².